The number of carboxylic acid groups (broad SMARTS) is 1. The normalized spacial score (nSPS) is 12.3. The van der Waals surface area contributed by atoms with E-state index in [1.807, 2.05) is 25.1 Å². The number of benzene rings is 2. The molecule has 0 fully saturated rings. The Hall–Kier alpha value is -2.29. The van der Waals surface area contributed by atoms with Crippen molar-refractivity contribution in [2.45, 2.75) is 40.0 Å². The Balaban J connectivity index is 2.78. The van der Waals surface area contributed by atoms with Crippen LogP contribution in [0.15, 0.2) is 35.9 Å². The number of aromatic hydroxyl groups is 1. The molecule has 3 heteroatoms. The lowest BCUT2D eigenvalue weighted by atomic mass is 9.88. The van der Waals surface area contributed by atoms with Crippen molar-refractivity contribution < 1.29 is 15.0 Å². The van der Waals surface area contributed by atoms with Gasteiger partial charge >= 0.3 is 5.97 Å². The van der Waals surface area contributed by atoms with Gasteiger partial charge in [-0.3, -0.25) is 0 Å². The topological polar surface area (TPSA) is 57.5 Å². The summed E-state index contributed by atoms with van der Waals surface area (Å²) in [6.07, 6.45) is 2.54. The van der Waals surface area contributed by atoms with E-state index in [1.54, 1.807) is 19.1 Å². The molecule has 116 valence electrons. The largest absolute Gasteiger partial charge is 0.508 e. The van der Waals surface area contributed by atoms with Crippen LogP contribution in [0.3, 0.4) is 0 Å². The van der Waals surface area contributed by atoms with Gasteiger partial charge in [0.25, 0.3) is 0 Å². The lowest BCUT2D eigenvalue weighted by Gasteiger charge is -2.16. The summed E-state index contributed by atoms with van der Waals surface area (Å²) in [5, 5.41) is 21.0. The third kappa shape index (κ3) is 2.98. The first-order valence-corrected chi connectivity index (χ1v) is 7.67. The summed E-state index contributed by atoms with van der Waals surface area (Å²) in [6.45, 7) is 5.76. The van der Waals surface area contributed by atoms with Crippen LogP contribution in [-0.2, 0) is 11.2 Å². The molecule has 2 aromatic carbocycles. The molecule has 0 aliphatic carbocycles. The average Bonchev–Trinajstić information content (AvgIpc) is 2.49. The lowest BCUT2D eigenvalue weighted by Crippen LogP contribution is -2.03. The number of phenols is 1. The number of allylic oxidation sites excluding steroid dienone is 1. The zero-order chi connectivity index (χ0) is 16.3. The number of hydrogen-bond acceptors (Lipinski definition) is 2. The van der Waals surface area contributed by atoms with Crippen LogP contribution in [0.4, 0.5) is 0 Å². The van der Waals surface area contributed by atoms with E-state index in [4.69, 9.17) is 0 Å². The van der Waals surface area contributed by atoms with Crippen LogP contribution in [0.25, 0.3) is 16.3 Å². The van der Waals surface area contributed by atoms with Gasteiger partial charge in [-0.1, -0.05) is 38.5 Å². The summed E-state index contributed by atoms with van der Waals surface area (Å²) < 4.78 is 0. The van der Waals surface area contributed by atoms with Crippen LogP contribution in [0.1, 0.15) is 44.7 Å². The summed E-state index contributed by atoms with van der Waals surface area (Å²) in [5.41, 5.74) is 3.46. The molecular weight excluding hydrogens is 276 g/mol. The van der Waals surface area contributed by atoms with E-state index in [0.717, 1.165) is 40.3 Å². The lowest BCUT2D eigenvalue weighted by molar-refractivity contribution is -0.132. The molecule has 0 amide bonds. The van der Waals surface area contributed by atoms with Gasteiger partial charge in [0.1, 0.15) is 5.75 Å². The highest BCUT2D eigenvalue weighted by Crippen LogP contribution is 2.33. The Morgan fingerprint density at radius 2 is 1.86 bits per heavy atom. The van der Waals surface area contributed by atoms with Crippen LogP contribution < -0.4 is 0 Å². The van der Waals surface area contributed by atoms with E-state index in [0.29, 0.717) is 12.0 Å². The number of aryl methyl sites for hydroxylation is 1. The molecule has 3 nitrogen and oxygen atoms in total. The maximum atomic E-state index is 11.4. The van der Waals surface area contributed by atoms with Gasteiger partial charge < -0.3 is 10.2 Å². The SMILES string of the molecule is CCCc1c(/C(CC)=C(\C)C(=O)O)ccc2cc(O)ccc12. The molecule has 2 N–H and O–H groups in total. The highest BCUT2D eigenvalue weighted by Gasteiger charge is 2.15. The van der Waals surface area contributed by atoms with Crippen molar-refractivity contribution in [2.75, 3.05) is 0 Å². The fraction of sp³-hybridized carbons (Fsp3) is 0.316. The van der Waals surface area contributed by atoms with E-state index in [2.05, 4.69) is 6.92 Å². The van der Waals surface area contributed by atoms with Crippen molar-refractivity contribution >= 4 is 22.3 Å². The third-order valence-corrected chi connectivity index (χ3v) is 4.07. The monoisotopic (exact) mass is 298 g/mol. The fourth-order valence-corrected chi connectivity index (χ4v) is 2.97. The highest BCUT2D eigenvalue weighted by atomic mass is 16.4. The maximum Gasteiger partial charge on any atom is 0.331 e. The van der Waals surface area contributed by atoms with E-state index < -0.39 is 5.97 Å². The molecule has 0 bridgehead atoms. The smallest absolute Gasteiger partial charge is 0.331 e. The van der Waals surface area contributed by atoms with Crippen molar-refractivity contribution in [3.8, 4) is 5.75 Å². The van der Waals surface area contributed by atoms with Gasteiger partial charge in [0.2, 0.25) is 0 Å². The molecule has 0 aliphatic rings. The Morgan fingerprint density at radius 1 is 1.14 bits per heavy atom. The molecule has 2 aromatic rings. The first-order chi connectivity index (χ1) is 10.5. The van der Waals surface area contributed by atoms with Gasteiger partial charge in [0.15, 0.2) is 0 Å². The second kappa shape index (κ2) is 6.65. The van der Waals surface area contributed by atoms with Crippen molar-refractivity contribution in [2.24, 2.45) is 0 Å². The van der Waals surface area contributed by atoms with Crippen molar-refractivity contribution in [1.29, 1.82) is 0 Å². The summed E-state index contributed by atoms with van der Waals surface area (Å²) in [4.78, 5) is 11.4. The summed E-state index contributed by atoms with van der Waals surface area (Å²) in [6, 6.07) is 9.29. The van der Waals surface area contributed by atoms with Crippen molar-refractivity contribution in [1.82, 2.24) is 0 Å². The molecule has 0 unspecified atom stereocenters. The van der Waals surface area contributed by atoms with Gasteiger partial charge in [-0.05, 0) is 59.4 Å². The summed E-state index contributed by atoms with van der Waals surface area (Å²) in [7, 11) is 0. The van der Waals surface area contributed by atoms with E-state index in [-0.39, 0.29) is 5.75 Å². The predicted octanol–water partition coefficient (Wildman–Crippen LogP) is 4.77. The van der Waals surface area contributed by atoms with Crippen LogP contribution in [-0.4, -0.2) is 16.2 Å². The average molecular weight is 298 g/mol. The van der Waals surface area contributed by atoms with Crippen LogP contribution in [0.5, 0.6) is 5.75 Å². The second-order valence-corrected chi connectivity index (χ2v) is 5.51. The Kier molecular flexibility index (Phi) is 4.86. The third-order valence-electron chi connectivity index (χ3n) is 4.07. The molecule has 0 spiro atoms. The van der Waals surface area contributed by atoms with Crippen molar-refractivity contribution in [3.63, 3.8) is 0 Å². The van der Waals surface area contributed by atoms with Crippen LogP contribution in [0.2, 0.25) is 0 Å². The Bertz CT molecular complexity index is 742. The van der Waals surface area contributed by atoms with Gasteiger partial charge in [-0.2, -0.15) is 0 Å². The molecule has 2 rings (SSSR count). The molecule has 0 saturated heterocycles. The van der Waals surface area contributed by atoms with Gasteiger partial charge in [-0.15, -0.1) is 0 Å². The molecule has 22 heavy (non-hydrogen) atoms. The summed E-state index contributed by atoms with van der Waals surface area (Å²) in [5.74, 6) is -0.624. The number of fused-ring (bicyclic) bond motifs is 1. The number of rotatable bonds is 5. The van der Waals surface area contributed by atoms with Gasteiger partial charge in [0.05, 0.1) is 0 Å². The fourth-order valence-electron chi connectivity index (χ4n) is 2.97. The van der Waals surface area contributed by atoms with Crippen LogP contribution in [0, 0.1) is 0 Å². The standard InChI is InChI=1S/C19H22O3/c1-4-6-17-16-10-8-14(20)11-13(16)7-9-18(17)15(5-2)12(3)19(21)22/h7-11,20H,4-6H2,1-3H3,(H,21,22)/b15-12+. The minimum Gasteiger partial charge on any atom is -0.508 e. The maximum absolute atomic E-state index is 11.4. The Morgan fingerprint density at radius 3 is 2.45 bits per heavy atom. The molecule has 0 aliphatic heterocycles. The second-order valence-electron chi connectivity index (χ2n) is 5.51. The zero-order valence-corrected chi connectivity index (χ0v) is 13.3. The minimum atomic E-state index is -0.870. The number of aliphatic carboxylic acids is 1. The van der Waals surface area contributed by atoms with E-state index >= 15 is 0 Å². The number of carbonyl (C=O) groups is 1. The zero-order valence-electron chi connectivity index (χ0n) is 13.3. The first-order valence-electron chi connectivity index (χ1n) is 7.67. The highest BCUT2D eigenvalue weighted by molar-refractivity contribution is 5.99. The molecule has 0 heterocycles. The number of phenolic OH excluding ortho intramolecular Hbond substituents is 1. The molecule has 0 saturated carbocycles. The van der Waals surface area contributed by atoms with Crippen LogP contribution >= 0.6 is 0 Å². The van der Waals surface area contributed by atoms with E-state index in [1.165, 1.54) is 0 Å². The molecule has 0 atom stereocenters. The molecule has 0 radical (unpaired) electrons. The first kappa shape index (κ1) is 16.1. The summed E-state index contributed by atoms with van der Waals surface area (Å²) >= 11 is 0. The number of hydrogen-bond donors (Lipinski definition) is 2. The number of carboxylic acids is 1. The van der Waals surface area contributed by atoms with Crippen molar-refractivity contribution in [3.05, 3.63) is 47.0 Å². The Labute approximate surface area is 130 Å². The van der Waals surface area contributed by atoms with Gasteiger partial charge in [-0.25, -0.2) is 4.79 Å². The van der Waals surface area contributed by atoms with Gasteiger partial charge in [0, 0.05) is 5.57 Å². The van der Waals surface area contributed by atoms with E-state index in [9.17, 15) is 15.0 Å². The quantitative estimate of drug-likeness (QED) is 0.782. The predicted molar refractivity (Wildman–Crippen MR) is 90.1 cm³/mol. The molecular formula is C19H22O3. The minimum absolute atomic E-state index is 0.246. The molecule has 0 aromatic heterocycles.